The first-order valence-corrected chi connectivity index (χ1v) is 13.3. The van der Waals surface area contributed by atoms with Crippen LogP contribution in [0.4, 0.5) is 0 Å². The van der Waals surface area contributed by atoms with E-state index < -0.39 is 34.5 Å². The molecule has 1 aliphatic carbocycles. The highest BCUT2D eigenvalue weighted by atomic mass is 32.2. The lowest BCUT2D eigenvalue weighted by Crippen LogP contribution is -2.55. The van der Waals surface area contributed by atoms with Crippen molar-refractivity contribution in [3.05, 3.63) is 66.2 Å². The molecule has 0 bridgehead atoms. The van der Waals surface area contributed by atoms with Crippen LogP contribution in [0.5, 0.6) is 0 Å². The van der Waals surface area contributed by atoms with Gasteiger partial charge in [0.05, 0.1) is 10.8 Å². The Bertz CT molecular complexity index is 1060. The molecule has 7 N–H and O–H groups in total. The quantitative estimate of drug-likeness (QED) is 0.153. The van der Waals surface area contributed by atoms with E-state index in [1.54, 1.807) is 18.2 Å². The molecule has 10 nitrogen and oxygen atoms in total. The van der Waals surface area contributed by atoms with Gasteiger partial charge in [0.1, 0.15) is 5.41 Å². The lowest BCUT2D eigenvalue weighted by molar-refractivity contribution is -0.143. The molecule has 0 spiro atoms. The fourth-order valence-corrected chi connectivity index (χ4v) is 4.52. The molecule has 2 aromatic rings. The number of hydrogen-bond donors (Lipinski definition) is 6. The molecule has 1 atom stereocenters. The molecule has 12 heteroatoms. The normalized spacial score (nSPS) is 15.2. The summed E-state index contributed by atoms with van der Waals surface area (Å²) in [6.07, 6.45) is 3.41. The second kappa shape index (κ2) is 14.1. The van der Waals surface area contributed by atoms with Gasteiger partial charge in [-0.25, -0.2) is 0 Å². The van der Waals surface area contributed by atoms with Gasteiger partial charge in [0.2, 0.25) is 11.8 Å². The number of benzene rings is 2. The molecule has 0 radical (unpaired) electrons. The van der Waals surface area contributed by atoms with Crippen LogP contribution in [0.1, 0.15) is 44.1 Å². The Kier molecular flexibility index (Phi) is 11.5. The monoisotopic (exact) mass is 519 g/mol. The predicted octanol–water partition coefficient (Wildman–Crippen LogP) is 1.03. The lowest BCUT2D eigenvalue weighted by atomic mass is 9.75. The van der Waals surface area contributed by atoms with Crippen LogP contribution in [-0.4, -0.2) is 54.4 Å². The van der Waals surface area contributed by atoms with E-state index in [4.69, 9.17) is 10.3 Å². The topological polar surface area (TPSA) is 179 Å². The largest absolute Gasteiger partial charge is 0.475 e. The number of carbonyl (C=O) groups is 2. The Hall–Kier alpha value is -2.77. The van der Waals surface area contributed by atoms with Crippen LogP contribution in [0.2, 0.25) is 0 Å². The van der Waals surface area contributed by atoms with Crippen molar-refractivity contribution < 1.29 is 32.6 Å². The summed E-state index contributed by atoms with van der Waals surface area (Å²) in [5.41, 5.74) is 5.27. The zero-order chi connectivity index (χ0) is 26.6. The van der Waals surface area contributed by atoms with Gasteiger partial charge in [-0.2, -0.15) is 8.42 Å². The van der Waals surface area contributed by atoms with Gasteiger partial charge in [-0.3, -0.25) is 14.1 Å². The molecule has 0 saturated heterocycles. The number of carbonyl (C=O) groups excluding carboxylic acids is 2. The molecular weight excluding hydrogens is 485 g/mol. The van der Waals surface area contributed by atoms with Crippen molar-refractivity contribution in [3.63, 3.8) is 0 Å². The third kappa shape index (κ3) is 8.72. The zero-order valence-corrected chi connectivity index (χ0v) is 20.9. The summed E-state index contributed by atoms with van der Waals surface area (Å²) < 4.78 is 29.2. The van der Waals surface area contributed by atoms with Crippen molar-refractivity contribution in [2.24, 2.45) is 11.1 Å². The molecule has 2 aromatic carbocycles. The van der Waals surface area contributed by atoms with Crippen molar-refractivity contribution in [3.8, 4) is 0 Å². The maximum Gasteiger partial charge on any atom is 0.475 e. The SMILES string of the molecule is NCCCC(NC(=O)C1(C(=O)NCc2ccccc2)CCCC1)B(O)O.O=S(=O)(O)c1ccccc1. The fourth-order valence-electron chi connectivity index (χ4n) is 4.02. The summed E-state index contributed by atoms with van der Waals surface area (Å²) in [6, 6.07) is 16.9. The van der Waals surface area contributed by atoms with Crippen molar-refractivity contribution >= 4 is 29.1 Å². The Balaban J connectivity index is 0.000000380. The molecule has 1 fully saturated rings. The van der Waals surface area contributed by atoms with Crippen molar-refractivity contribution in [2.75, 3.05) is 6.54 Å². The molecule has 0 aliphatic heterocycles. The standard InChI is InChI=1S/C18H28BN3O4.C6H6O3S/c20-12-6-9-15(19(25)26)22-17(24)18(10-4-5-11-18)16(23)21-13-14-7-2-1-3-8-14;7-10(8,9)6-4-2-1-3-5-6/h1-3,7-8,15,25-26H,4-6,9-13,20H2,(H,21,23)(H,22,24);1-5H,(H,7,8,9). The smallest absolute Gasteiger partial charge is 0.426 e. The minimum atomic E-state index is -4.00. The van der Waals surface area contributed by atoms with Crippen LogP contribution in [0.3, 0.4) is 0 Å². The molecule has 36 heavy (non-hydrogen) atoms. The molecular formula is C24H34BN3O7S. The minimum absolute atomic E-state index is 0.0741. The molecule has 0 heterocycles. The van der Waals surface area contributed by atoms with Gasteiger partial charge in [0, 0.05) is 6.54 Å². The van der Waals surface area contributed by atoms with Gasteiger partial charge in [0.15, 0.2) is 0 Å². The summed E-state index contributed by atoms with van der Waals surface area (Å²) >= 11 is 0. The highest BCUT2D eigenvalue weighted by Gasteiger charge is 2.48. The van der Waals surface area contributed by atoms with Crippen LogP contribution < -0.4 is 16.4 Å². The first kappa shape index (κ1) is 29.5. The van der Waals surface area contributed by atoms with E-state index in [-0.39, 0.29) is 10.8 Å². The van der Waals surface area contributed by atoms with Crippen LogP contribution in [0, 0.1) is 5.41 Å². The second-order valence-corrected chi connectivity index (χ2v) is 10.1. The van der Waals surface area contributed by atoms with Crippen LogP contribution in [-0.2, 0) is 26.3 Å². The number of rotatable bonds is 10. The maximum absolute atomic E-state index is 12.9. The van der Waals surface area contributed by atoms with Gasteiger partial charge in [-0.15, -0.1) is 0 Å². The first-order valence-electron chi connectivity index (χ1n) is 11.8. The van der Waals surface area contributed by atoms with E-state index in [0.29, 0.717) is 38.8 Å². The van der Waals surface area contributed by atoms with Crippen LogP contribution in [0.15, 0.2) is 65.6 Å². The van der Waals surface area contributed by atoms with Crippen LogP contribution in [0.25, 0.3) is 0 Å². The first-order chi connectivity index (χ1) is 17.1. The molecule has 196 valence electrons. The van der Waals surface area contributed by atoms with Crippen molar-refractivity contribution in [2.45, 2.75) is 55.9 Å². The van der Waals surface area contributed by atoms with Gasteiger partial charge in [-0.1, -0.05) is 61.4 Å². The molecule has 1 saturated carbocycles. The van der Waals surface area contributed by atoms with E-state index in [2.05, 4.69) is 10.6 Å². The summed E-state index contributed by atoms with van der Waals surface area (Å²) in [7, 11) is -5.69. The fraction of sp³-hybridized carbons (Fsp3) is 0.417. The summed E-state index contributed by atoms with van der Waals surface area (Å²) in [4.78, 5) is 25.6. The Labute approximate surface area is 212 Å². The van der Waals surface area contributed by atoms with E-state index in [1.165, 1.54) is 12.1 Å². The van der Waals surface area contributed by atoms with E-state index in [1.807, 2.05) is 30.3 Å². The third-order valence-corrected chi connectivity index (χ3v) is 6.93. The molecule has 0 aromatic heterocycles. The maximum atomic E-state index is 12.9. The van der Waals surface area contributed by atoms with Gasteiger partial charge in [-0.05, 0) is 49.9 Å². The summed E-state index contributed by atoms with van der Waals surface area (Å²) in [6.45, 7) is 0.746. The lowest BCUT2D eigenvalue weighted by Gasteiger charge is -2.29. The van der Waals surface area contributed by atoms with Crippen LogP contribution >= 0.6 is 0 Å². The average Bonchev–Trinajstić information content (AvgIpc) is 3.37. The average molecular weight is 519 g/mol. The highest BCUT2D eigenvalue weighted by molar-refractivity contribution is 7.85. The van der Waals surface area contributed by atoms with E-state index >= 15 is 0 Å². The summed E-state index contributed by atoms with van der Waals surface area (Å²) in [5, 5.41) is 24.5. The Morgan fingerprint density at radius 2 is 1.53 bits per heavy atom. The molecule has 3 rings (SSSR count). The number of amides is 2. The Morgan fingerprint density at radius 3 is 2.00 bits per heavy atom. The number of nitrogens with one attached hydrogen (secondary N) is 2. The third-order valence-electron chi connectivity index (χ3n) is 6.06. The van der Waals surface area contributed by atoms with Crippen molar-refractivity contribution in [1.82, 2.24) is 10.6 Å². The zero-order valence-electron chi connectivity index (χ0n) is 20.0. The molecule has 1 aliphatic rings. The van der Waals surface area contributed by atoms with E-state index in [0.717, 1.165) is 18.4 Å². The second-order valence-electron chi connectivity index (χ2n) is 8.67. The molecule has 1 unspecified atom stereocenters. The van der Waals surface area contributed by atoms with Gasteiger partial charge < -0.3 is 26.4 Å². The number of hydrogen-bond acceptors (Lipinski definition) is 7. The van der Waals surface area contributed by atoms with E-state index in [9.17, 15) is 28.1 Å². The van der Waals surface area contributed by atoms with Gasteiger partial charge in [0.25, 0.3) is 10.1 Å². The molecule has 2 amide bonds. The van der Waals surface area contributed by atoms with Crippen molar-refractivity contribution in [1.29, 1.82) is 0 Å². The Morgan fingerprint density at radius 1 is 0.972 bits per heavy atom. The minimum Gasteiger partial charge on any atom is -0.426 e. The predicted molar refractivity (Wildman–Crippen MR) is 136 cm³/mol. The summed E-state index contributed by atoms with van der Waals surface area (Å²) in [5.74, 6) is -1.57. The van der Waals surface area contributed by atoms with Gasteiger partial charge >= 0.3 is 7.12 Å². The number of nitrogens with two attached hydrogens (primary N) is 1. The highest BCUT2D eigenvalue weighted by Crippen LogP contribution is 2.39.